The molecule has 0 atom stereocenters. The molecule has 0 aliphatic rings. The predicted octanol–water partition coefficient (Wildman–Crippen LogP) is 1.56. The van der Waals surface area contributed by atoms with Gasteiger partial charge in [0.25, 0.3) is 0 Å². The molecule has 0 spiro atoms. The van der Waals surface area contributed by atoms with Crippen molar-refractivity contribution in [3.05, 3.63) is 36.4 Å². The summed E-state index contributed by atoms with van der Waals surface area (Å²) in [5.41, 5.74) is 1.10. The van der Waals surface area contributed by atoms with Crippen LogP contribution in [-0.2, 0) is 5.33 Å². The van der Waals surface area contributed by atoms with Crippen LogP contribution in [0.5, 0.6) is 0 Å². The van der Waals surface area contributed by atoms with E-state index in [1.165, 1.54) is 0 Å². The summed E-state index contributed by atoms with van der Waals surface area (Å²) in [6.45, 7) is 0. The summed E-state index contributed by atoms with van der Waals surface area (Å²) in [6.07, 6.45) is 7.06. The van der Waals surface area contributed by atoms with Crippen LogP contribution < -0.4 is 0 Å². The zero-order valence-corrected chi connectivity index (χ0v) is 8.35. The van der Waals surface area contributed by atoms with Crippen LogP contribution in [0.1, 0.15) is 5.56 Å². The number of alkyl halides is 1. The molecule has 66 valence electrons. The van der Waals surface area contributed by atoms with E-state index in [0.717, 1.165) is 10.9 Å². The van der Waals surface area contributed by atoms with Crippen molar-refractivity contribution in [3.8, 4) is 5.95 Å². The van der Waals surface area contributed by atoms with Gasteiger partial charge in [0.2, 0.25) is 5.95 Å². The van der Waals surface area contributed by atoms with Crippen LogP contribution in [0.2, 0.25) is 0 Å². The highest BCUT2D eigenvalue weighted by Crippen LogP contribution is 2.05. The van der Waals surface area contributed by atoms with Gasteiger partial charge in [-0.2, -0.15) is 5.10 Å². The topological polar surface area (TPSA) is 43.6 Å². The van der Waals surface area contributed by atoms with E-state index in [-0.39, 0.29) is 0 Å². The van der Waals surface area contributed by atoms with Gasteiger partial charge in [0.05, 0.1) is 6.20 Å². The van der Waals surface area contributed by atoms with Gasteiger partial charge >= 0.3 is 0 Å². The Balaban J connectivity index is 2.36. The lowest BCUT2D eigenvalue weighted by Crippen LogP contribution is -1.99. The third-order valence-electron chi connectivity index (χ3n) is 1.55. The molecule has 0 aromatic carbocycles. The van der Waals surface area contributed by atoms with Gasteiger partial charge in [-0.3, -0.25) is 0 Å². The number of halogens is 1. The van der Waals surface area contributed by atoms with Crippen molar-refractivity contribution in [2.45, 2.75) is 5.33 Å². The molecule has 5 heteroatoms. The lowest BCUT2D eigenvalue weighted by molar-refractivity contribution is 0.807. The molecule has 0 saturated carbocycles. The van der Waals surface area contributed by atoms with Crippen LogP contribution in [0.4, 0.5) is 0 Å². The van der Waals surface area contributed by atoms with Crippen LogP contribution in [-0.4, -0.2) is 19.7 Å². The van der Waals surface area contributed by atoms with Crippen LogP contribution in [0.3, 0.4) is 0 Å². The number of aromatic nitrogens is 4. The molecule has 2 aromatic rings. The highest BCUT2D eigenvalue weighted by Gasteiger charge is 2.00. The Kier molecular flexibility index (Phi) is 2.35. The van der Waals surface area contributed by atoms with Crippen LogP contribution in [0.25, 0.3) is 5.95 Å². The van der Waals surface area contributed by atoms with Gasteiger partial charge in [-0.1, -0.05) is 15.9 Å². The van der Waals surface area contributed by atoms with Gasteiger partial charge in [-0.05, 0) is 6.07 Å². The Labute approximate surface area is 83.8 Å². The first-order valence-corrected chi connectivity index (χ1v) is 4.89. The molecule has 0 saturated heterocycles. The summed E-state index contributed by atoms with van der Waals surface area (Å²) in [5.74, 6) is 0.592. The molecule has 0 N–H and O–H groups in total. The minimum absolute atomic E-state index is 0.592. The number of hydrogen-bond donors (Lipinski definition) is 0. The smallest absolute Gasteiger partial charge is 0.220 e. The molecular weight excluding hydrogens is 232 g/mol. The van der Waals surface area contributed by atoms with E-state index in [4.69, 9.17) is 0 Å². The van der Waals surface area contributed by atoms with Gasteiger partial charge in [0.1, 0.15) is 0 Å². The Hall–Kier alpha value is -1.23. The quantitative estimate of drug-likeness (QED) is 0.747. The number of hydrogen-bond acceptors (Lipinski definition) is 3. The summed E-state index contributed by atoms with van der Waals surface area (Å²) in [5, 5.41) is 4.91. The Morgan fingerprint density at radius 3 is 2.69 bits per heavy atom. The van der Waals surface area contributed by atoms with E-state index in [9.17, 15) is 0 Å². The maximum absolute atomic E-state index is 4.12. The van der Waals surface area contributed by atoms with E-state index < -0.39 is 0 Å². The lowest BCUT2D eigenvalue weighted by atomic mass is 10.4. The molecule has 0 radical (unpaired) electrons. The first-order chi connectivity index (χ1) is 6.40. The van der Waals surface area contributed by atoms with Gasteiger partial charge in [0.15, 0.2) is 0 Å². The average molecular weight is 239 g/mol. The molecule has 0 aliphatic carbocycles. The van der Waals surface area contributed by atoms with Crippen molar-refractivity contribution in [2.75, 3.05) is 0 Å². The number of rotatable bonds is 2. The zero-order valence-electron chi connectivity index (χ0n) is 6.76. The normalized spacial score (nSPS) is 10.2. The number of nitrogens with zero attached hydrogens (tertiary/aromatic N) is 4. The minimum atomic E-state index is 0.592. The van der Waals surface area contributed by atoms with Crippen molar-refractivity contribution >= 4 is 15.9 Å². The fraction of sp³-hybridized carbons (Fsp3) is 0.125. The molecule has 0 unspecified atom stereocenters. The third-order valence-corrected chi connectivity index (χ3v) is 2.19. The maximum Gasteiger partial charge on any atom is 0.250 e. The van der Waals surface area contributed by atoms with Crippen molar-refractivity contribution < 1.29 is 0 Å². The van der Waals surface area contributed by atoms with Crippen LogP contribution in [0, 0.1) is 0 Å². The molecule has 0 fully saturated rings. The molecule has 2 aromatic heterocycles. The standard InChI is InChI=1S/C8H7BrN4/c9-4-7-5-12-13(6-7)8-10-2-1-3-11-8/h1-3,5-6H,4H2. The summed E-state index contributed by atoms with van der Waals surface area (Å²) >= 11 is 3.35. The second kappa shape index (κ2) is 3.66. The highest BCUT2D eigenvalue weighted by atomic mass is 79.9. The molecular formula is C8H7BrN4. The molecule has 2 rings (SSSR count). The van der Waals surface area contributed by atoms with Gasteiger partial charge < -0.3 is 0 Å². The largest absolute Gasteiger partial charge is 0.250 e. The minimum Gasteiger partial charge on any atom is -0.220 e. The molecule has 0 amide bonds. The van der Waals surface area contributed by atoms with E-state index in [1.54, 1.807) is 29.3 Å². The van der Waals surface area contributed by atoms with E-state index in [2.05, 4.69) is 31.0 Å². The maximum atomic E-state index is 4.12. The highest BCUT2D eigenvalue weighted by molar-refractivity contribution is 9.08. The molecule has 2 heterocycles. The van der Waals surface area contributed by atoms with Crippen molar-refractivity contribution in [2.24, 2.45) is 0 Å². The van der Waals surface area contributed by atoms with Crippen LogP contribution >= 0.6 is 15.9 Å². The summed E-state index contributed by atoms with van der Waals surface area (Å²) in [4.78, 5) is 8.14. The van der Waals surface area contributed by atoms with Crippen molar-refractivity contribution in [1.82, 2.24) is 19.7 Å². The first kappa shape index (κ1) is 8.37. The Bertz CT molecular complexity index is 384. The van der Waals surface area contributed by atoms with E-state index in [0.29, 0.717) is 5.95 Å². The van der Waals surface area contributed by atoms with Gasteiger partial charge in [0, 0.05) is 29.5 Å². The molecule has 0 bridgehead atoms. The molecule has 4 nitrogen and oxygen atoms in total. The average Bonchev–Trinajstić information content (AvgIpc) is 2.67. The fourth-order valence-corrected chi connectivity index (χ4v) is 1.24. The third kappa shape index (κ3) is 1.75. The van der Waals surface area contributed by atoms with E-state index in [1.807, 2.05) is 6.20 Å². The molecule has 13 heavy (non-hydrogen) atoms. The molecule has 0 aliphatic heterocycles. The Morgan fingerprint density at radius 1 is 1.31 bits per heavy atom. The summed E-state index contributed by atoms with van der Waals surface area (Å²) in [7, 11) is 0. The van der Waals surface area contributed by atoms with Crippen molar-refractivity contribution in [3.63, 3.8) is 0 Å². The summed E-state index contributed by atoms with van der Waals surface area (Å²) in [6, 6.07) is 1.78. The van der Waals surface area contributed by atoms with Gasteiger partial charge in [-0.25, -0.2) is 14.6 Å². The fourth-order valence-electron chi connectivity index (χ4n) is 0.948. The lowest BCUT2D eigenvalue weighted by Gasteiger charge is -1.95. The SMILES string of the molecule is BrCc1cnn(-c2ncccn2)c1. The second-order valence-corrected chi connectivity index (χ2v) is 3.04. The van der Waals surface area contributed by atoms with Crippen LogP contribution in [0.15, 0.2) is 30.9 Å². The monoisotopic (exact) mass is 238 g/mol. The van der Waals surface area contributed by atoms with E-state index >= 15 is 0 Å². The Morgan fingerprint density at radius 2 is 2.08 bits per heavy atom. The predicted molar refractivity (Wildman–Crippen MR) is 51.8 cm³/mol. The zero-order chi connectivity index (χ0) is 9.10. The summed E-state index contributed by atoms with van der Waals surface area (Å²) < 4.78 is 1.65. The first-order valence-electron chi connectivity index (χ1n) is 3.77. The second-order valence-electron chi connectivity index (χ2n) is 2.48. The van der Waals surface area contributed by atoms with Crippen molar-refractivity contribution in [1.29, 1.82) is 0 Å². The van der Waals surface area contributed by atoms with Gasteiger partial charge in [-0.15, -0.1) is 0 Å².